The molecule has 0 bridgehead atoms. The average Bonchev–Trinajstić information content (AvgIpc) is 2.49. The molecule has 0 radical (unpaired) electrons. The molecule has 0 aliphatic heterocycles. The fraction of sp³-hybridized carbons (Fsp3) is 0.200. The number of halogens is 3. The third-order valence-corrected chi connectivity index (χ3v) is 2.04. The summed E-state index contributed by atoms with van der Waals surface area (Å²) in [5.74, 6) is -1.21. The molecule has 1 N–H and O–H groups in total. The van der Waals surface area contributed by atoms with Crippen LogP contribution in [0.5, 0.6) is 0 Å². The molecule has 2 nitrogen and oxygen atoms in total. The minimum atomic E-state index is -0.625. The number of hydrogen-bond donors (Lipinski definition) is 1. The average molecular weight is 234 g/mol. The normalized spacial score (nSPS) is 10.3. The fourth-order valence-corrected chi connectivity index (χ4v) is 1.47. The molecule has 1 aromatic carbocycles. The van der Waals surface area contributed by atoms with Crippen molar-refractivity contribution in [2.24, 2.45) is 0 Å². The van der Waals surface area contributed by atoms with Gasteiger partial charge in [0, 0.05) is 24.2 Å². The van der Waals surface area contributed by atoms with E-state index in [2.05, 4.69) is 5.32 Å². The van der Waals surface area contributed by atoms with Crippen LogP contribution in [0, 0.1) is 11.6 Å². The maximum atomic E-state index is 13.3. The standard InChI is InChI=1S/C10H9F2NO.ClH/c1-13-4-6-5-14-9-3-7(11)2-8(12)10(6)9;/h2-3,5,13H,4H2,1H3;1H. The molecule has 5 heteroatoms. The Balaban J connectivity index is 0.00000112. The lowest BCUT2D eigenvalue weighted by atomic mass is 10.1. The molecule has 0 unspecified atom stereocenters. The summed E-state index contributed by atoms with van der Waals surface area (Å²) in [4.78, 5) is 0. The summed E-state index contributed by atoms with van der Waals surface area (Å²) in [6.45, 7) is 0.496. The van der Waals surface area contributed by atoms with E-state index < -0.39 is 11.6 Å². The smallest absolute Gasteiger partial charge is 0.140 e. The molecule has 0 amide bonds. The van der Waals surface area contributed by atoms with Crippen molar-refractivity contribution in [3.8, 4) is 0 Å². The van der Waals surface area contributed by atoms with Crippen molar-refractivity contribution in [3.63, 3.8) is 0 Å². The SMILES string of the molecule is CNCc1coc2cc(F)cc(F)c12.Cl. The van der Waals surface area contributed by atoms with Crippen molar-refractivity contribution in [1.82, 2.24) is 5.32 Å². The largest absolute Gasteiger partial charge is 0.464 e. The van der Waals surface area contributed by atoms with Gasteiger partial charge in [0.15, 0.2) is 0 Å². The molecule has 0 atom stereocenters. The van der Waals surface area contributed by atoms with Crippen LogP contribution in [0.1, 0.15) is 5.56 Å². The van der Waals surface area contributed by atoms with Crippen molar-refractivity contribution in [3.05, 3.63) is 35.6 Å². The van der Waals surface area contributed by atoms with E-state index in [4.69, 9.17) is 4.42 Å². The van der Waals surface area contributed by atoms with E-state index in [-0.39, 0.29) is 18.0 Å². The van der Waals surface area contributed by atoms with Crippen LogP contribution in [0.2, 0.25) is 0 Å². The summed E-state index contributed by atoms with van der Waals surface area (Å²) in [6, 6.07) is 2.04. The van der Waals surface area contributed by atoms with E-state index in [1.54, 1.807) is 7.05 Å². The highest BCUT2D eigenvalue weighted by atomic mass is 35.5. The first-order chi connectivity index (χ1) is 6.72. The van der Waals surface area contributed by atoms with Crippen LogP contribution in [0.25, 0.3) is 11.0 Å². The lowest BCUT2D eigenvalue weighted by Crippen LogP contribution is -2.04. The van der Waals surface area contributed by atoms with Crippen LogP contribution >= 0.6 is 12.4 Å². The molecule has 15 heavy (non-hydrogen) atoms. The third-order valence-electron chi connectivity index (χ3n) is 2.04. The van der Waals surface area contributed by atoms with Gasteiger partial charge >= 0.3 is 0 Å². The molecular formula is C10H10ClF2NO. The summed E-state index contributed by atoms with van der Waals surface area (Å²) in [7, 11) is 1.75. The minimum Gasteiger partial charge on any atom is -0.464 e. The molecule has 0 saturated carbocycles. The number of rotatable bonds is 2. The van der Waals surface area contributed by atoms with Crippen molar-refractivity contribution in [1.29, 1.82) is 0 Å². The quantitative estimate of drug-likeness (QED) is 0.863. The minimum absolute atomic E-state index is 0. The van der Waals surface area contributed by atoms with Gasteiger partial charge in [-0.05, 0) is 7.05 Å². The van der Waals surface area contributed by atoms with Crippen LogP contribution in [-0.2, 0) is 6.54 Å². The zero-order valence-corrected chi connectivity index (χ0v) is 8.83. The molecule has 0 saturated heterocycles. The number of nitrogens with one attached hydrogen (secondary N) is 1. The lowest BCUT2D eigenvalue weighted by molar-refractivity contribution is 0.576. The highest BCUT2D eigenvalue weighted by Gasteiger charge is 2.11. The van der Waals surface area contributed by atoms with Crippen LogP contribution in [-0.4, -0.2) is 7.05 Å². The summed E-state index contributed by atoms with van der Waals surface area (Å²) < 4.78 is 31.2. The van der Waals surface area contributed by atoms with E-state index in [0.29, 0.717) is 17.5 Å². The molecule has 0 spiro atoms. The summed E-state index contributed by atoms with van der Waals surface area (Å²) in [5, 5.41) is 3.23. The Kier molecular flexibility index (Phi) is 3.66. The number of furan rings is 1. The Bertz CT molecular complexity index is 470. The highest BCUT2D eigenvalue weighted by Crippen LogP contribution is 2.25. The van der Waals surface area contributed by atoms with Crippen LogP contribution in [0.15, 0.2) is 22.8 Å². The summed E-state index contributed by atoms with van der Waals surface area (Å²) in [6.07, 6.45) is 1.43. The maximum Gasteiger partial charge on any atom is 0.140 e. The third kappa shape index (κ3) is 2.11. The van der Waals surface area contributed by atoms with Crippen LogP contribution in [0.4, 0.5) is 8.78 Å². The predicted octanol–water partition coefficient (Wildman–Crippen LogP) is 2.85. The van der Waals surface area contributed by atoms with Crippen LogP contribution in [0.3, 0.4) is 0 Å². The van der Waals surface area contributed by atoms with Crippen molar-refractivity contribution in [2.45, 2.75) is 6.54 Å². The first kappa shape index (κ1) is 11.9. The zero-order valence-electron chi connectivity index (χ0n) is 8.01. The molecular weight excluding hydrogens is 224 g/mol. The number of fused-ring (bicyclic) bond motifs is 1. The van der Waals surface area contributed by atoms with Gasteiger partial charge in [0.25, 0.3) is 0 Å². The monoisotopic (exact) mass is 233 g/mol. The van der Waals surface area contributed by atoms with Crippen LogP contribution < -0.4 is 5.32 Å². The molecule has 2 aromatic rings. The van der Waals surface area contributed by atoms with Gasteiger partial charge in [-0.25, -0.2) is 8.78 Å². The topological polar surface area (TPSA) is 25.2 Å². The Labute approximate surface area is 91.7 Å². The van der Waals surface area contributed by atoms with Crippen molar-refractivity contribution >= 4 is 23.4 Å². The Morgan fingerprint density at radius 1 is 1.33 bits per heavy atom. The van der Waals surface area contributed by atoms with Gasteiger partial charge in [0.1, 0.15) is 17.2 Å². The molecule has 2 rings (SSSR count). The fourth-order valence-electron chi connectivity index (χ4n) is 1.47. The maximum absolute atomic E-state index is 13.3. The van der Waals surface area contributed by atoms with E-state index in [9.17, 15) is 8.78 Å². The predicted molar refractivity (Wildman–Crippen MR) is 56.1 cm³/mol. The molecule has 0 aliphatic rings. The zero-order chi connectivity index (χ0) is 10.1. The van der Waals surface area contributed by atoms with E-state index in [1.807, 2.05) is 0 Å². The number of hydrogen-bond acceptors (Lipinski definition) is 2. The molecule has 1 aromatic heterocycles. The van der Waals surface area contributed by atoms with E-state index in [0.717, 1.165) is 6.07 Å². The van der Waals surface area contributed by atoms with Gasteiger partial charge in [0.2, 0.25) is 0 Å². The summed E-state index contributed by atoms with van der Waals surface area (Å²) in [5.41, 5.74) is 0.938. The first-order valence-electron chi connectivity index (χ1n) is 4.22. The van der Waals surface area contributed by atoms with Gasteiger partial charge in [-0.2, -0.15) is 0 Å². The van der Waals surface area contributed by atoms with Gasteiger partial charge in [-0.1, -0.05) is 0 Å². The van der Waals surface area contributed by atoms with E-state index >= 15 is 0 Å². The molecule has 0 fully saturated rings. The van der Waals surface area contributed by atoms with E-state index in [1.165, 1.54) is 12.3 Å². The Morgan fingerprint density at radius 2 is 2.07 bits per heavy atom. The van der Waals surface area contributed by atoms with Crippen molar-refractivity contribution < 1.29 is 13.2 Å². The number of benzene rings is 1. The van der Waals surface area contributed by atoms with Gasteiger partial charge in [0.05, 0.1) is 11.6 Å². The molecule has 1 heterocycles. The highest BCUT2D eigenvalue weighted by molar-refractivity contribution is 5.85. The second-order valence-electron chi connectivity index (χ2n) is 3.05. The Morgan fingerprint density at radius 3 is 2.73 bits per heavy atom. The van der Waals surface area contributed by atoms with Crippen molar-refractivity contribution in [2.75, 3.05) is 7.05 Å². The lowest BCUT2D eigenvalue weighted by Gasteiger charge is -1.97. The van der Waals surface area contributed by atoms with Gasteiger partial charge < -0.3 is 9.73 Å². The Hall–Kier alpha value is -1.13. The molecule has 0 aliphatic carbocycles. The first-order valence-corrected chi connectivity index (χ1v) is 4.22. The second-order valence-corrected chi connectivity index (χ2v) is 3.05. The molecule has 82 valence electrons. The van der Waals surface area contributed by atoms with Gasteiger partial charge in [-0.3, -0.25) is 0 Å². The van der Waals surface area contributed by atoms with Gasteiger partial charge in [-0.15, -0.1) is 12.4 Å². The second kappa shape index (κ2) is 4.59. The summed E-state index contributed by atoms with van der Waals surface area (Å²) >= 11 is 0.